The molecule has 1 amide bonds. The van der Waals surface area contributed by atoms with Crippen molar-refractivity contribution in [1.29, 1.82) is 0 Å². The molecule has 3 rings (SSSR count). The molecule has 128 valence electrons. The summed E-state index contributed by atoms with van der Waals surface area (Å²) in [5.74, 6) is 1.11. The molecule has 0 aliphatic rings. The Bertz CT molecular complexity index is 798. The fourth-order valence-electron chi connectivity index (χ4n) is 2.23. The second-order valence-corrected chi connectivity index (χ2v) is 5.49. The van der Waals surface area contributed by atoms with E-state index in [2.05, 4.69) is 32.9 Å². The second-order valence-electron chi connectivity index (χ2n) is 5.49. The van der Waals surface area contributed by atoms with Crippen LogP contribution >= 0.6 is 0 Å². The normalized spacial score (nSPS) is 10.4. The maximum absolute atomic E-state index is 12.3. The van der Waals surface area contributed by atoms with Gasteiger partial charge in [-0.2, -0.15) is 5.21 Å². The summed E-state index contributed by atoms with van der Waals surface area (Å²) in [6.07, 6.45) is 2.12. The number of anilines is 1. The summed E-state index contributed by atoms with van der Waals surface area (Å²) in [5, 5.41) is 16.6. The van der Waals surface area contributed by atoms with Crippen molar-refractivity contribution >= 4 is 11.6 Å². The topological polar surface area (TPSA) is 92.8 Å². The highest BCUT2D eigenvalue weighted by Gasteiger charge is 2.08. The van der Waals surface area contributed by atoms with Gasteiger partial charge in [0.05, 0.1) is 6.61 Å². The molecule has 2 aromatic carbocycles. The lowest BCUT2D eigenvalue weighted by Crippen LogP contribution is -2.11. The van der Waals surface area contributed by atoms with Crippen LogP contribution in [0.15, 0.2) is 48.5 Å². The Labute approximate surface area is 145 Å². The smallest absolute Gasteiger partial charge is 0.255 e. The number of benzene rings is 2. The third-order valence-electron chi connectivity index (χ3n) is 3.63. The van der Waals surface area contributed by atoms with Gasteiger partial charge in [-0.1, -0.05) is 25.5 Å². The summed E-state index contributed by atoms with van der Waals surface area (Å²) in [5.41, 5.74) is 2.06. The number of aromatic nitrogens is 4. The quantitative estimate of drug-likeness (QED) is 0.645. The molecule has 0 aliphatic heterocycles. The van der Waals surface area contributed by atoms with E-state index in [1.54, 1.807) is 24.3 Å². The first-order chi connectivity index (χ1) is 12.3. The van der Waals surface area contributed by atoms with E-state index in [-0.39, 0.29) is 5.91 Å². The third-order valence-corrected chi connectivity index (χ3v) is 3.63. The standard InChI is InChI=1S/C18H19N5O2/c1-2-3-12-25-16-10-8-15(9-11-16)19-18(24)14-6-4-13(5-7-14)17-20-22-23-21-17/h4-11H,2-3,12H2,1H3,(H,19,24)(H,20,21,22,23). The first kappa shape index (κ1) is 16.6. The highest BCUT2D eigenvalue weighted by Crippen LogP contribution is 2.18. The average Bonchev–Trinajstić information content (AvgIpc) is 3.18. The number of rotatable bonds is 7. The molecule has 0 bridgehead atoms. The maximum atomic E-state index is 12.3. The van der Waals surface area contributed by atoms with Crippen LogP contribution in [0.2, 0.25) is 0 Å². The third kappa shape index (κ3) is 4.41. The number of tetrazole rings is 1. The SMILES string of the molecule is CCCCOc1ccc(NC(=O)c2ccc(-c3nn[nH]n3)cc2)cc1. The van der Waals surface area contributed by atoms with Crippen molar-refractivity contribution in [2.45, 2.75) is 19.8 Å². The molecule has 2 N–H and O–H groups in total. The van der Waals surface area contributed by atoms with Gasteiger partial charge in [0.15, 0.2) is 0 Å². The number of H-pyrrole nitrogens is 1. The lowest BCUT2D eigenvalue weighted by Gasteiger charge is -2.08. The molecule has 0 fully saturated rings. The lowest BCUT2D eigenvalue weighted by molar-refractivity contribution is 0.102. The molecule has 0 saturated heterocycles. The summed E-state index contributed by atoms with van der Waals surface area (Å²) in [6.45, 7) is 2.83. The number of nitrogens with one attached hydrogen (secondary N) is 2. The van der Waals surface area contributed by atoms with Crippen LogP contribution in [-0.2, 0) is 0 Å². The van der Waals surface area contributed by atoms with E-state index in [0.29, 0.717) is 18.0 Å². The highest BCUT2D eigenvalue weighted by atomic mass is 16.5. The fourth-order valence-corrected chi connectivity index (χ4v) is 2.23. The molecule has 25 heavy (non-hydrogen) atoms. The van der Waals surface area contributed by atoms with Crippen LogP contribution in [0.4, 0.5) is 5.69 Å². The highest BCUT2D eigenvalue weighted by molar-refractivity contribution is 6.04. The number of aromatic amines is 1. The number of unbranched alkanes of at least 4 members (excludes halogenated alkanes) is 1. The van der Waals surface area contributed by atoms with Gasteiger partial charge in [-0.3, -0.25) is 4.79 Å². The molecule has 0 unspecified atom stereocenters. The number of hydrogen-bond donors (Lipinski definition) is 2. The van der Waals surface area contributed by atoms with E-state index in [1.807, 2.05) is 24.3 Å². The van der Waals surface area contributed by atoms with E-state index in [0.717, 1.165) is 29.8 Å². The number of ether oxygens (including phenoxy) is 1. The van der Waals surface area contributed by atoms with E-state index in [1.165, 1.54) is 0 Å². The predicted octanol–water partition coefficient (Wildman–Crippen LogP) is 3.30. The van der Waals surface area contributed by atoms with Gasteiger partial charge < -0.3 is 10.1 Å². The van der Waals surface area contributed by atoms with Gasteiger partial charge in [0.2, 0.25) is 5.82 Å². The van der Waals surface area contributed by atoms with Crippen molar-refractivity contribution in [3.8, 4) is 17.1 Å². The van der Waals surface area contributed by atoms with Gasteiger partial charge in [-0.15, -0.1) is 10.2 Å². The van der Waals surface area contributed by atoms with Crippen LogP contribution < -0.4 is 10.1 Å². The van der Waals surface area contributed by atoms with Crippen molar-refractivity contribution in [1.82, 2.24) is 20.6 Å². The van der Waals surface area contributed by atoms with Crippen molar-refractivity contribution in [2.24, 2.45) is 0 Å². The number of nitrogens with zero attached hydrogens (tertiary/aromatic N) is 3. The van der Waals surface area contributed by atoms with Crippen molar-refractivity contribution in [3.05, 3.63) is 54.1 Å². The van der Waals surface area contributed by atoms with Gasteiger partial charge in [0, 0.05) is 16.8 Å². The largest absolute Gasteiger partial charge is 0.494 e. The maximum Gasteiger partial charge on any atom is 0.255 e. The van der Waals surface area contributed by atoms with E-state index in [9.17, 15) is 4.79 Å². The lowest BCUT2D eigenvalue weighted by atomic mass is 10.1. The summed E-state index contributed by atoms with van der Waals surface area (Å²) < 4.78 is 5.61. The molecule has 7 nitrogen and oxygen atoms in total. The van der Waals surface area contributed by atoms with Crippen LogP contribution in [0, 0.1) is 0 Å². The monoisotopic (exact) mass is 337 g/mol. The van der Waals surface area contributed by atoms with Crippen molar-refractivity contribution in [2.75, 3.05) is 11.9 Å². The summed E-state index contributed by atoms with van der Waals surface area (Å²) in [7, 11) is 0. The van der Waals surface area contributed by atoms with Gasteiger partial charge in [-0.25, -0.2) is 0 Å². The predicted molar refractivity (Wildman–Crippen MR) is 94.4 cm³/mol. The Morgan fingerprint density at radius 2 is 1.88 bits per heavy atom. The minimum atomic E-state index is -0.181. The van der Waals surface area contributed by atoms with Crippen LogP contribution in [0.25, 0.3) is 11.4 Å². The molecular weight excluding hydrogens is 318 g/mol. The Morgan fingerprint density at radius 3 is 2.52 bits per heavy atom. The van der Waals surface area contributed by atoms with E-state index < -0.39 is 0 Å². The molecule has 0 saturated carbocycles. The molecule has 0 radical (unpaired) electrons. The van der Waals surface area contributed by atoms with E-state index in [4.69, 9.17) is 4.74 Å². The first-order valence-electron chi connectivity index (χ1n) is 8.14. The van der Waals surface area contributed by atoms with Crippen molar-refractivity contribution < 1.29 is 9.53 Å². The average molecular weight is 337 g/mol. The Morgan fingerprint density at radius 1 is 1.12 bits per heavy atom. The van der Waals surface area contributed by atoms with Gasteiger partial charge >= 0.3 is 0 Å². The van der Waals surface area contributed by atoms with Gasteiger partial charge in [0.1, 0.15) is 5.75 Å². The van der Waals surface area contributed by atoms with Crippen molar-refractivity contribution in [3.63, 3.8) is 0 Å². The zero-order valence-electron chi connectivity index (χ0n) is 13.9. The second kappa shape index (κ2) is 8.05. The minimum Gasteiger partial charge on any atom is -0.494 e. The number of amides is 1. The molecular formula is C18H19N5O2. The van der Waals surface area contributed by atoms with Gasteiger partial charge in [0.25, 0.3) is 5.91 Å². The Hall–Kier alpha value is -3.22. The minimum absolute atomic E-state index is 0.181. The van der Waals surface area contributed by atoms with Crippen LogP contribution in [-0.4, -0.2) is 33.1 Å². The number of carbonyl (C=O) groups excluding carboxylic acids is 1. The molecule has 3 aromatic rings. The summed E-state index contributed by atoms with van der Waals surface area (Å²) in [6, 6.07) is 14.4. The van der Waals surface area contributed by atoms with E-state index >= 15 is 0 Å². The molecule has 0 aliphatic carbocycles. The zero-order chi connectivity index (χ0) is 17.5. The first-order valence-corrected chi connectivity index (χ1v) is 8.14. The Balaban J connectivity index is 1.60. The zero-order valence-corrected chi connectivity index (χ0v) is 13.9. The Kier molecular flexibility index (Phi) is 5.36. The van der Waals surface area contributed by atoms with Crippen LogP contribution in [0.1, 0.15) is 30.1 Å². The van der Waals surface area contributed by atoms with Gasteiger partial charge in [-0.05, 0) is 48.0 Å². The fraction of sp³-hybridized carbons (Fsp3) is 0.222. The van der Waals surface area contributed by atoms with Crippen LogP contribution in [0.5, 0.6) is 5.75 Å². The van der Waals surface area contributed by atoms with Crippen LogP contribution in [0.3, 0.4) is 0 Å². The molecule has 1 heterocycles. The molecule has 1 aromatic heterocycles. The number of hydrogen-bond acceptors (Lipinski definition) is 5. The number of carbonyl (C=O) groups is 1. The molecule has 7 heteroatoms. The molecule has 0 atom stereocenters. The summed E-state index contributed by atoms with van der Waals surface area (Å²) >= 11 is 0. The molecule has 0 spiro atoms. The summed E-state index contributed by atoms with van der Waals surface area (Å²) in [4.78, 5) is 12.3.